The first-order valence-electron chi connectivity index (χ1n) is 11.0. The standard InChI is InChI=1S/C22H26N10/c1-15-5-16-6-24-21(27-17-7-25-32(8-17)18-9-30(10-18)4-3-23)28-19(16)20(26-15)31-13-22(14-31)11-29(2)12-22/h5-8,18H,4,9-14H2,1-2H3,(H,24,27,28). The zero-order valence-electron chi connectivity index (χ0n) is 18.4. The number of nitrogens with one attached hydrogen (secondary N) is 1. The van der Waals surface area contributed by atoms with Crippen molar-refractivity contribution in [3.8, 4) is 6.07 Å². The van der Waals surface area contributed by atoms with Gasteiger partial charge in [-0.25, -0.2) is 15.0 Å². The van der Waals surface area contributed by atoms with Crippen molar-refractivity contribution >= 4 is 28.4 Å². The number of nitrogens with zero attached hydrogens (tertiary/aromatic N) is 9. The highest BCUT2D eigenvalue weighted by Crippen LogP contribution is 2.42. The van der Waals surface area contributed by atoms with E-state index in [0.29, 0.717) is 23.9 Å². The van der Waals surface area contributed by atoms with Gasteiger partial charge in [-0.15, -0.1) is 0 Å². The molecule has 3 aliphatic heterocycles. The van der Waals surface area contributed by atoms with Crippen LogP contribution in [0.2, 0.25) is 0 Å². The molecule has 6 heterocycles. The third-order valence-corrected chi connectivity index (χ3v) is 6.70. The highest BCUT2D eigenvalue weighted by molar-refractivity contribution is 5.90. The van der Waals surface area contributed by atoms with Crippen LogP contribution in [-0.2, 0) is 0 Å². The van der Waals surface area contributed by atoms with Gasteiger partial charge in [0.25, 0.3) is 0 Å². The normalized spacial score (nSPS) is 20.6. The van der Waals surface area contributed by atoms with Crippen LogP contribution in [0.3, 0.4) is 0 Å². The predicted molar refractivity (Wildman–Crippen MR) is 121 cm³/mol. The van der Waals surface area contributed by atoms with Crippen LogP contribution in [-0.4, -0.2) is 87.4 Å². The van der Waals surface area contributed by atoms with Gasteiger partial charge in [-0.05, 0) is 20.0 Å². The summed E-state index contributed by atoms with van der Waals surface area (Å²) in [5.41, 5.74) is 3.15. The fourth-order valence-electron chi connectivity index (χ4n) is 5.32. The van der Waals surface area contributed by atoms with Crippen LogP contribution in [0, 0.1) is 23.7 Å². The molecule has 0 saturated carbocycles. The van der Waals surface area contributed by atoms with Gasteiger partial charge < -0.3 is 15.1 Å². The minimum atomic E-state index is 0.305. The number of fused-ring (bicyclic) bond motifs is 1. The molecule has 1 spiro atoms. The Morgan fingerprint density at radius 3 is 2.75 bits per heavy atom. The Morgan fingerprint density at radius 1 is 1.19 bits per heavy atom. The fraction of sp³-hybridized carbons (Fsp3) is 0.500. The van der Waals surface area contributed by atoms with E-state index in [9.17, 15) is 0 Å². The third-order valence-electron chi connectivity index (χ3n) is 6.70. The average Bonchev–Trinajstić information content (AvgIpc) is 3.13. The van der Waals surface area contributed by atoms with Crippen molar-refractivity contribution in [1.82, 2.24) is 34.5 Å². The highest BCUT2D eigenvalue weighted by atomic mass is 15.4. The first kappa shape index (κ1) is 19.4. The van der Waals surface area contributed by atoms with Gasteiger partial charge in [0, 0.05) is 68.2 Å². The summed E-state index contributed by atoms with van der Waals surface area (Å²) < 4.78 is 1.95. The molecular weight excluding hydrogens is 404 g/mol. The summed E-state index contributed by atoms with van der Waals surface area (Å²) in [6.45, 7) is 8.58. The predicted octanol–water partition coefficient (Wildman–Crippen LogP) is 1.41. The molecule has 0 atom stereocenters. The molecule has 0 aliphatic carbocycles. The molecule has 3 aliphatic rings. The van der Waals surface area contributed by atoms with Crippen molar-refractivity contribution in [1.29, 1.82) is 5.26 Å². The summed E-state index contributed by atoms with van der Waals surface area (Å²) in [4.78, 5) is 21.0. The van der Waals surface area contributed by atoms with E-state index in [1.807, 2.05) is 30.1 Å². The first-order valence-corrected chi connectivity index (χ1v) is 11.0. The number of rotatable bonds is 5. The van der Waals surface area contributed by atoms with Gasteiger partial charge in [0.1, 0.15) is 5.52 Å². The Kier molecular flexibility index (Phi) is 4.31. The van der Waals surface area contributed by atoms with Gasteiger partial charge in [0.2, 0.25) is 5.95 Å². The summed E-state index contributed by atoms with van der Waals surface area (Å²) in [5.74, 6) is 1.50. The lowest BCUT2D eigenvalue weighted by atomic mass is 9.73. The third kappa shape index (κ3) is 3.25. The maximum absolute atomic E-state index is 8.79. The summed E-state index contributed by atoms with van der Waals surface area (Å²) in [6.07, 6.45) is 5.63. The Bertz CT molecular complexity index is 1210. The van der Waals surface area contributed by atoms with Crippen LogP contribution in [0.4, 0.5) is 17.5 Å². The summed E-state index contributed by atoms with van der Waals surface area (Å²) in [6, 6.07) is 4.53. The molecule has 3 fully saturated rings. The molecule has 0 aromatic carbocycles. The van der Waals surface area contributed by atoms with Crippen molar-refractivity contribution in [2.75, 3.05) is 63.1 Å². The topological polar surface area (TPSA) is 102 Å². The van der Waals surface area contributed by atoms with Crippen molar-refractivity contribution < 1.29 is 0 Å². The molecule has 3 saturated heterocycles. The Morgan fingerprint density at radius 2 is 2.00 bits per heavy atom. The van der Waals surface area contributed by atoms with Crippen molar-refractivity contribution in [2.24, 2.45) is 5.41 Å². The monoisotopic (exact) mass is 430 g/mol. The van der Waals surface area contributed by atoms with E-state index in [1.54, 1.807) is 6.20 Å². The minimum absolute atomic E-state index is 0.305. The molecule has 32 heavy (non-hydrogen) atoms. The van der Waals surface area contributed by atoms with Crippen molar-refractivity contribution in [3.05, 3.63) is 30.4 Å². The van der Waals surface area contributed by atoms with E-state index in [2.05, 4.69) is 43.2 Å². The summed E-state index contributed by atoms with van der Waals surface area (Å²) in [7, 11) is 2.18. The molecule has 3 aromatic rings. The number of nitriles is 1. The van der Waals surface area contributed by atoms with Gasteiger partial charge in [0.05, 0.1) is 30.5 Å². The Hall–Kier alpha value is -3.29. The largest absolute Gasteiger partial charge is 0.353 e. The molecular formula is C22H26N10. The molecule has 0 amide bonds. The van der Waals surface area contributed by atoms with Crippen LogP contribution in [0.5, 0.6) is 0 Å². The lowest BCUT2D eigenvalue weighted by molar-refractivity contribution is -0.00267. The second-order valence-electron chi connectivity index (χ2n) is 9.59. The number of pyridine rings is 1. The lowest BCUT2D eigenvalue weighted by Gasteiger charge is -2.59. The molecule has 10 heteroatoms. The van der Waals surface area contributed by atoms with Gasteiger partial charge >= 0.3 is 0 Å². The molecule has 0 radical (unpaired) electrons. The molecule has 0 unspecified atom stereocenters. The maximum atomic E-state index is 8.79. The second-order valence-corrected chi connectivity index (χ2v) is 9.59. The SMILES string of the molecule is Cc1cc2cnc(Nc3cnn(C4CN(CC#N)C4)c3)nc2c(N2CC3(CN(C)C3)C2)n1. The van der Waals surface area contributed by atoms with Crippen LogP contribution < -0.4 is 10.2 Å². The van der Waals surface area contributed by atoms with E-state index >= 15 is 0 Å². The average molecular weight is 431 g/mol. The Labute approximate surface area is 186 Å². The summed E-state index contributed by atoms with van der Waals surface area (Å²) >= 11 is 0. The molecule has 0 bridgehead atoms. The first-order chi connectivity index (χ1) is 15.5. The van der Waals surface area contributed by atoms with Crippen LogP contribution >= 0.6 is 0 Å². The van der Waals surface area contributed by atoms with Gasteiger partial charge in [0.15, 0.2) is 5.82 Å². The number of likely N-dealkylation sites (tertiary alicyclic amines) is 2. The van der Waals surface area contributed by atoms with E-state index < -0.39 is 0 Å². The number of hydrogen-bond acceptors (Lipinski definition) is 9. The molecule has 164 valence electrons. The summed E-state index contributed by atoms with van der Waals surface area (Å²) in [5, 5.41) is 17.6. The molecule has 6 rings (SSSR count). The zero-order chi connectivity index (χ0) is 21.9. The van der Waals surface area contributed by atoms with Gasteiger partial charge in [-0.2, -0.15) is 10.4 Å². The van der Waals surface area contributed by atoms with Crippen LogP contribution in [0.15, 0.2) is 24.7 Å². The number of anilines is 3. The molecule has 1 N–H and O–H groups in total. The highest BCUT2D eigenvalue weighted by Gasteiger charge is 2.51. The number of aromatic nitrogens is 5. The van der Waals surface area contributed by atoms with E-state index in [0.717, 1.165) is 67.4 Å². The fourth-order valence-corrected chi connectivity index (χ4v) is 5.32. The van der Waals surface area contributed by atoms with E-state index in [-0.39, 0.29) is 0 Å². The zero-order valence-corrected chi connectivity index (χ0v) is 18.4. The van der Waals surface area contributed by atoms with Gasteiger partial charge in [-0.3, -0.25) is 9.58 Å². The number of aryl methyl sites for hydroxylation is 1. The molecule has 10 nitrogen and oxygen atoms in total. The maximum Gasteiger partial charge on any atom is 0.227 e. The molecule has 3 aromatic heterocycles. The van der Waals surface area contributed by atoms with Crippen molar-refractivity contribution in [2.45, 2.75) is 13.0 Å². The Balaban J connectivity index is 1.20. The van der Waals surface area contributed by atoms with E-state index in [1.165, 1.54) is 0 Å². The smallest absolute Gasteiger partial charge is 0.227 e. The van der Waals surface area contributed by atoms with Crippen LogP contribution in [0.25, 0.3) is 10.9 Å². The van der Waals surface area contributed by atoms with Gasteiger partial charge in [-0.1, -0.05) is 0 Å². The second kappa shape index (κ2) is 7.12. The quantitative estimate of drug-likeness (QED) is 0.602. The van der Waals surface area contributed by atoms with Crippen molar-refractivity contribution in [3.63, 3.8) is 0 Å². The minimum Gasteiger partial charge on any atom is -0.353 e. The van der Waals surface area contributed by atoms with E-state index in [4.69, 9.17) is 15.2 Å². The lowest BCUT2D eigenvalue weighted by Crippen LogP contribution is -2.71. The van der Waals surface area contributed by atoms with Crippen LogP contribution in [0.1, 0.15) is 11.7 Å². The number of hydrogen-bond donors (Lipinski definition) is 1.